The predicted octanol–water partition coefficient (Wildman–Crippen LogP) is 5.87. The van der Waals surface area contributed by atoms with Gasteiger partial charge in [-0.3, -0.25) is 9.36 Å². The van der Waals surface area contributed by atoms with Gasteiger partial charge in [-0.2, -0.15) is 0 Å². The van der Waals surface area contributed by atoms with Gasteiger partial charge in [0.15, 0.2) is 11.0 Å². The van der Waals surface area contributed by atoms with E-state index in [4.69, 9.17) is 27.6 Å². The van der Waals surface area contributed by atoms with Crippen molar-refractivity contribution in [1.29, 1.82) is 0 Å². The molecular formula is C21H16Cl2N4O2S. The SMILES string of the molecule is Cc1occc1-c1nnc(SCC(=O)Nc2c(Cl)cccc2Cl)n1-c1ccccc1. The van der Waals surface area contributed by atoms with Crippen LogP contribution >= 0.6 is 35.0 Å². The summed E-state index contributed by atoms with van der Waals surface area (Å²) in [4.78, 5) is 12.5. The maximum Gasteiger partial charge on any atom is 0.234 e. The van der Waals surface area contributed by atoms with Gasteiger partial charge in [-0.15, -0.1) is 10.2 Å². The summed E-state index contributed by atoms with van der Waals surface area (Å²) < 4.78 is 7.33. The standard InChI is InChI=1S/C21H16Cl2N4O2S/c1-13-15(10-11-29-13)20-25-26-21(27(20)14-6-3-2-4-7-14)30-12-18(28)24-19-16(22)8-5-9-17(19)23/h2-11H,12H2,1H3,(H,24,28). The number of anilines is 1. The highest BCUT2D eigenvalue weighted by atomic mass is 35.5. The van der Waals surface area contributed by atoms with Crippen LogP contribution in [-0.4, -0.2) is 26.4 Å². The molecule has 1 amide bonds. The molecule has 0 spiro atoms. The average Bonchev–Trinajstić information content (AvgIpc) is 3.35. The van der Waals surface area contributed by atoms with Crippen molar-refractivity contribution in [3.05, 3.63) is 76.7 Å². The Balaban J connectivity index is 1.60. The average molecular weight is 459 g/mol. The number of nitrogens with one attached hydrogen (secondary N) is 1. The van der Waals surface area contributed by atoms with E-state index >= 15 is 0 Å². The number of nitrogens with zero attached hydrogens (tertiary/aromatic N) is 3. The molecule has 0 bridgehead atoms. The van der Waals surface area contributed by atoms with E-state index < -0.39 is 0 Å². The largest absolute Gasteiger partial charge is 0.469 e. The molecule has 152 valence electrons. The smallest absolute Gasteiger partial charge is 0.234 e. The zero-order chi connectivity index (χ0) is 21.1. The monoisotopic (exact) mass is 458 g/mol. The van der Waals surface area contributed by atoms with Crippen molar-refractivity contribution in [2.45, 2.75) is 12.1 Å². The van der Waals surface area contributed by atoms with Crippen LogP contribution in [0.1, 0.15) is 5.76 Å². The van der Waals surface area contributed by atoms with Crippen molar-refractivity contribution < 1.29 is 9.21 Å². The Hall–Kier alpha value is -2.74. The molecule has 9 heteroatoms. The van der Waals surface area contributed by atoms with Crippen LogP contribution in [0.5, 0.6) is 0 Å². The van der Waals surface area contributed by atoms with E-state index in [1.807, 2.05) is 47.9 Å². The normalized spacial score (nSPS) is 10.9. The Morgan fingerprint density at radius 3 is 2.47 bits per heavy atom. The Morgan fingerprint density at radius 1 is 1.07 bits per heavy atom. The third-order valence-corrected chi connectivity index (χ3v) is 5.87. The molecule has 2 heterocycles. The van der Waals surface area contributed by atoms with Crippen molar-refractivity contribution in [2.75, 3.05) is 11.1 Å². The van der Waals surface area contributed by atoms with Crippen LogP contribution in [0.25, 0.3) is 17.1 Å². The summed E-state index contributed by atoms with van der Waals surface area (Å²) in [6.07, 6.45) is 1.61. The number of aryl methyl sites for hydroxylation is 1. The summed E-state index contributed by atoms with van der Waals surface area (Å²) in [5.74, 6) is 1.24. The summed E-state index contributed by atoms with van der Waals surface area (Å²) in [6, 6.07) is 16.6. The minimum absolute atomic E-state index is 0.108. The summed E-state index contributed by atoms with van der Waals surface area (Å²) in [5, 5.41) is 12.7. The van der Waals surface area contributed by atoms with Gasteiger partial charge in [0, 0.05) is 5.69 Å². The third kappa shape index (κ3) is 4.23. The van der Waals surface area contributed by atoms with Gasteiger partial charge >= 0.3 is 0 Å². The highest BCUT2D eigenvalue weighted by Crippen LogP contribution is 2.32. The fourth-order valence-electron chi connectivity index (χ4n) is 2.89. The van der Waals surface area contributed by atoms with Crippen LogP contribution in [0.4, 0.5) is 5.69 Å². The fourth-order valence-corrected chi connectivity index (χ4v) is 4.13. The molecule has 0 radical (unpaired) electrons. The Labute approximate surface area is 187 Å². The quantitative estimate of drug-likeness (QED) is 0.365. The number of amides is 1. The first-order chi connectivity index (χ1) is 14.5. The molecule has 1 N–H and O–H groups in total. The number of thioether (sulfide) groups is 1. The summed E-state index contributed by atoms with van der Waals surface area (Å²) in [6.45, 7) is 1.87. The van der Waals surface area contributed by atoms with Gasteiger partial charge in [-0.05, 0) is 37.3 Å². The van der Waals surface area contributed by atoms with Crippen LogP contribution in [0.3, 0.4) is 0 Å². The molecule has 0 aliphatic carbocycles. The summed E-state index contributed by atoms with van der Waals surface area (Å²) >= 11 is 13.5. The molecular weight excluding hydrogens is 443 g/mol. The molecule has 0 fully saturated rings. The van der Waals surface area contributed by atoms with Gasteiger partial charge in [-0.25, -0.2) is 0 Å². The third-order valence-electron chi connectivity index (χ3n) is 4.31. The lowest BCUT2D eigenvalue weighted by Gasteiger charge is -2.11. The Morgan fingerprint density at radius 2 is 1.80 bits per heavy atom. The molecule has 30 heavy (non-hydrogen) atoms. The summed E-state index contributed by atoms with van der Waals surface area (Å²) in [5.41, 5.74) is 2.12. The number of halogens is 2. The lowest BCUT2D eigenvalue weighted by atomic mass is 10.2. The number of para-hydroxylation sites is 2. The number of furan rings is 1. The second-order valence-corrected chi connectivity index (χ2v) is 8.06. The summed E-state index contributed by atoms with van der Waals surface area (Å²) in [7, 11) is 0. The Kier molecular flexibility index (Phi) is 6.13. The molecule has 0 saturated carbocycles. The fraction of sp³-hybridized carbons (Fsp3) is 0.0952. The number of rotatable bonds is 6. The number of benzene rings is 2. The van der Waals surface area contributed by atoms with Crippen molar-refractivity contribution in [1.82, 2.24) is 14.8 Å². The van der Waals surface area contributed by atoms with Gasteiger partial charge < -0.3 is 9.73 Å². The van der Waals surface area contributed by atoms with Crippen molar-refractivity contribution >= 4 is 46.6 Å². The molecule has 0 saturated heterocycles. The van der Waals surface area contributed by atoms with E-state index in [0.717, 1.165) is 17.0 Å². The van der Waals surface area contributed by atoms with Crippen LogP contribution < -0.4 is 5.32 Å². The number of hydrogen-bond donors (Lipinski definition) is 1. The van der Waals surface area contributed by atoms with E-state index in [0.29, 0.717) is 26.7 Å². The van der Waals surface area contributed by atoms with E-state index in [2.05, 4.69) is 15.5 Å². The molecule has 0 aliphatic heterocycles. The Bertz CT molecular complexity index is 1170. The van der Waals surface area contributed by atoms with Crippen molar-refractivity contribution in [3.63, 3.8) is 0 Å². The number of aromatic nitrogens is 3. The van der Waals surface area contributed by atoms with Gasteiger partial charge in [-0.1, -0.05) is 59.2 Å². The van der Waals surface area contributed by atoms with Crippen molar-refractivity contribution in [3.8, 4) is 17.1 Å². The lowest BCUT2D eigenvalue weighted by Crippen LogP contribution is -2.15. The molecule has 2 aromatic heterocycles. The minimum Gasteiger partial charge on any atom is -0.469 e. The lowest BCUT2D eigenvalue weighted by molar-refractivity contribution is -0.113. The molecule has 0 atom stereocenters. The number of carbonyl (C=O) groups excluding carboxylic acids is 1. The predicted molar refractivity (Wildman–Crippen MR) is 120 cm³/mol. The second-order valence-electron chi connectivity index (χ2n) is 6.30. The molecule has 2 aromatic carbocycles. The zero-order valence-corrected chi connectivity index (χ0v) is 18.1. The highest BCUT2D eigenvalue weighted by Gasteiger charge is 2.20. The van der Waals surface area contributed by atoms with Crippen LogP contribution in [0, 0.1) is 6.92 Å². The number of carbonyl (C=O) groups is 1. The van der Waals surface area contributed by atoms with Gasteiger partial charge in [0.25, 0.3) is 0 Å². The molecule has 4 aromatic rings. The van der Waals surface area contributed by atoms with Crippen molar-refractivity contribution in [2.24, 2.45) is 0 Å². The first-order valence-corrected chi connectivity index (χ1v) is 10.7. The van der Waals surface area contributed by atoms with E-state index in [1.54, 1.807) is 24.5 Å². The van der Waals surface area contributed by atoms with Crippen LogP contribution in [0.2, 0.25) is 10.0 Å². The maximum atomic E-state index is 12.5. The first-order valence-electron chi connectivity index (χ1n) is 8.96. The number of hydrogen-bond acceptors (Lipinski definition) is 5. The minimum atomic E-state index is -0.251. The maximum absolute atomic E-state index is 12.5. The molecule has 0 aliphatic rings. The molecule has 6 nitrogen and oxygen atoms in total. The molecule has 0 unspecified atom stereocenters. The zero-order valence-electron chi connectivity index (χ0n) is 15.8. The second kappa shape index (κ2) is 8.95. The van der Waals surface area contributed by atoms with Gasteiger partial charge in [0.2, 0.25) is 5.91 Å². The van der Waals surface area contributed by atoms with E-state index in [1.165, 1.54) is 11.8 Å². The van der Waals surface area contributed by atoms with Gasteiger partial charge in [0.1, 0.15) is 5.76 Å². The molecule has 4 rings (SSSR count). The van der Waals surface area contributed by atoms with E-state index in [-0.39, 0.29) is 11.7 Å². The van der Waals surface area contributed by atoms with E-state index in [9.17, 15) is 4.79 Å². The van der Waals surface area contributed by atoms with Crippen LogP contribution in [-0.2, 0) is 4.79 Å². The van der Waals surface area contributed by atoms with Gasteiger partial charge in [0.05, 0.1) is 33.3 Å². The van der Waals surface area contributed by atoms with Crippen LogP contribution in [0.15, 0.2) is 70.4 Å². The first kappa shape index (κ1) is 20.5. The highest BCUT2D eigenvalue weighted by molar-refractivity contribution is 7.99. The topological polar surface area (TPSA) is 72.9 Å².